The number of nitro benzene ring substituents is 1. The number of urea groups is 1. The largest absolute Gasteiger partial charge is 0.383 e. The molecule has 1 aromatic carbocycles. The molecular weight excluding hydrogens is 276 g/mol. The van der Waals surface area contributed by atoms with E-state index in [1.165, 1.54) is 30.2 Å². The van der Waals surface area contributed by atoms with Crippen LogP contribution >= 0.6 is 0 Å². The SMILES string of the molecule is COCCN(CCC#N)C(=O)Nc1cccc([N+](=O)[O-])c1. The van der Waals surface area contributed by atoms with Gasteiger partial charge in [0.05, 0.1) is 24.0 Å². The first-order valence-electron chi connectivity index (χ1n) is 6.24. The van der Waals surface area contributed by atoms with Gasteiger partial charge >= 0.3 is 6.03 Å². The first-order chi connectivity index (χ1) is 10.1. The van der Waals surface area contributed by atoms with Crippen LogP contribution < -0.4 is 5.32 Å². The molecule has 0 atom stereocenters. The average Bonchev–Trinajstić information content (AvgIpc) is 2.47. The van der Waals surface area contributed by atoms with Crippen LogP contribution in [-0.4, -0.2) is 42.7 Å². The Bertz CT molecular complexity index is 541. The highest BCUT2D eigenvalue weighted by atomic mass is 16.6. The molecule has 0 aliphatic rings. The van der Waals surface area contributed by atoms with Crippen LogP contribution in [0.1, 0.15) is 6.42 Å². The van der Waals surface area contributed by atoms with Gasteiger partial charge in [0.1, 0.15) is 0 Å². The fraction of sp³-hybridized carbons (Fsp3) is 0.385. The van der Waals surface area contributed by atoms with Gasteiger partial charge in [0.15, 0.2) is 0 Å². The Morgan fingerprint density at radius 1 is 1.52 bits per heavy atom. The summed E-state index contributed by atoms with van der Waals surface area (Å²) in [6, 6.07) is 7.20. The van der Waals surface area contributed by atoms with Crippen molar-refractivity contribution in [2.75, 3.05) is 32.1 Å². The van der Waals surface area contributed by atoms with Gasteiger partial charge in [-0.2, -0.15) is 5.26 Å². The van der Waals surface area contributed by atoms with Gasteiger partial charge in [-0.3, -0.25) is 10.1 Å². The number of nitrogens with zero attached hydrogens (tertiary/aromatic N) is 3. The number of methoxy groups -OCH3 is 1. The normalized spacial score (nSPS) is 9.71. The maximum atomic E-state index is 12.1. The van der Waals surface area contributed by atoms with Crippen molar-refractivity contribution in [2.24, 2.45) is 0 Å². The maximum absolute atomic E-state index is 12.1. The zero-order chi connectivity index (χ0) is 15.7. The van der Waals surface area contributed by atoms with Crippen molar-refractivity contribution in [2.45, 2.75) is 6.42 Å². The van der Waals surface area contributed by atoms with E-state index in [4.69, 9.17) is 10.00 Å². The maximum Gasteiger partial charge on any atom is 0.321 e. The second-order valence-corrected chi connectivity index (χ2v) is 4.13. The van der Waals surface area contributed by atoms with E-state index < -0.39 is 11.0 Å². The summed E-state index contributed by atoms with van der Waals surface area (Å²) in [5.74, 6) is 0. The summed E-state index contributed by atoms with van der Waals surface area (Å²) in [6.07, 6.45) is 0.200. The van der Waals surface area contributed by atoms with Crippen LogP contribution in [0.5, 0.6) is 0 Å². The molecule has 1 N–H and O–H groups in total. The van der Waals surface area contributed by atoms with Crippen molar-refractivity contribution in [1.29, 1.82) is 5.26 Å². The van der Waals surface area contributed by atoms with Gasteiger partial charge in [0.25, 0.3) is 5.69 Å². The minimum Gasteiger partial charge on any atom is -0.383 e. The highest BCUT2D eigenvalue weighted by molar-refractivity contribution is 5.89. The van der Waals surface area contributed by atoms with Crippen molar-refractivity contribution in [1.82, 2.24) is 4.90 Å². The van der Waals surface area contributed by atoms with E-state index in [9.17, 15) is 14.9 Å². The van der Waals surface area contributed by atoms with E-state index in [2.05, 4.69) is 5.32 Å². The number of non-ortho nitro benzene ring substituents is 1. The van der Waals surface area contributed by atoms with Gasteiger partial charge in [0, 0.05) is 38.0 Å². The number of rotatable bonds is 7. The topological polar surface area (TPSA) is 108 Å². The van der Waals surface area contributed by atoms with Crippen molar-refractivity contribution >= 4 is 17.4 Å². The number of anilines is 1. The Labute approximate surface area is 122 Å². The summed E-state index contributed by atoms with van der Waals surface area (Å²) in [5.41, 5.74) is 0.224. The zero-order valence-electron chi connectivity index (χ0n) is 11.6. The Balaban J connectivity index is 2.73. The second kappa shape index (κ2) is 8.50. The van der Waals surface area contributed by atoms with E-state index in [1.54, 1.807) is 6.07 Å². The predicted octanol–water partition coefficient (Wildman–Crippen LogP) is 1.99. The number of nitro groups is 1. The molecule has 0 aromatic heterocycles. The Kier molecular flexibility index (Phi) is 6.63. The Hall–Kier alpha value is -2.66. The standard InChI is InChI=1S/C13H16N4O4/c1-21-9-8-16(7-3-6-14)13(18)15-11-4-2-5-12(10-11)17(19)20/h2,4-5,10H,3,7-9H2,1H3,(H,15,18). The van der Waals surface area contributed by atoms with Gasteiger partial charge < -0.3 is 15.0 Å². The minimum atomic E-state index is -0.534. The van der Waals surface area contributed by atoms with E-state index in [-0.39, 0.29) is 18.7 Å². The Morgan fingerprint density at radius 2 is 2.29 bits per heavy atom. The molecule has 8 heteroatoms. The lowest BCUT2D eigenvalue weighted by Gasteiger charge is -2.21. The minimum absolute atomic E-state index is 0.103. The number of hydrogen-bond acceptors (Lipinski definition) is 5. The van der Waals surface area contributed by atoms with Gasteiger partial charge in [-0.15, -0.1) is 0 Å². The first-order valence-corrected chi connectivity index (χ1v) is 6.24. The van der Waals surface area contributed by atoms with Crippen LogP contribution in [0.3, 0.4) is 0 Å². The highest BCUT2D eigenvalue weighted by Gasteiger charge is 2.14. The van der Waals surface area contributed by atoms with Gasteiger partial charge in [-0.1, -0.05) is 6.07 Å². The van der Waals surface area contributed by atoms with Crippen LogP contribution in [0, 0.1) is 21.4 Å². The van der Waals surface area contributed by atoms with E-state index >= 15 is 0 Å². The molecule has 0 radical (unpaired) electrons. The highest BCUT2D eigenvalue weighted by Crippen LogP contribution is 2.17. The number of hydrogen-bond donors (Lipinski definition) is 1. The molecule has 1 rings (SSSR count). The number of amides is 2. The molecule has 112 valence electrons. The molecule has 0 saturated heterocycles. The molecule has 0 heterocycles. The third-order valence-corrected chi connectivity index (χ3v) is 2.65. The summed E-state index contributed by atoms with van der Waals surface area (Å²) >= 11 is 0. The summed E-state index contributed by atoms with van der Waals surface area (Å²) in [6.45, 7) is 0.938. The Morgan fingerprint density at radius 3 is 2.90 bits per heavy atom. The molecule has 2 amide bonds. The number of ether oxygens (including phenoxy) is 1. The fourth-order valence-electron chi connectivity index (χ4n) is 1.60. The molecule has 0 unspecified atom stereocenters. The van der Waals surface area contributed by atoms with Gasteiger partial charge in [-0.05, 0) is 6.07 Å². The molecule has 0 spiro atoms. The molecule has 0 fully saturated rings. The van der Waals surface area contributed by atoms with Crippen LogP contribution in [0.15, 0.2) is 24.3 Å². The summed E-state index contributed by atoms with van der Waals surface area (Å²) in [4.78, 5) is 23.7. The fourth-order valence-corrected chi connectivity index (χ4v) is 1.60. The summed E-state index contributed by atoms with van der Waals surface area (Å²) in [7, 11) is 1.51. The summed E-state index contributed by atoms with van der Waals surface area (Å²) < 4.78 is 4.91. The number of benzene rings is 1. The molecular formula is C13H16N4O4. The van der Waals surface area contributed by atoms with Crippen molar-refractivity contribution in [3.63, 3.8) is 0 Å². The second-order valence-electron chi connectivity index (χ2n) is 4.13. The first kappa shape index (κ1) is 16.4. The van der Waals surface area contributed by atoms with E-state index in [0.29, 0.717) is 18.8 Å². The van der Waals surface area contributed by atoms with Crippen molar-refractivity contribution < 1.29 is 14.5 Å². The van der Waals surface area contributed by atoms with E-state index in [1.807, 2.05) is 6.07 Å². The van der Waals surface area contributed by atoms with Gasteiger partial charge in [0.2, 0.25) is 0 Å². The van der Waals surface area contributed by atoms with Crippen molar-refractivity contribution in [3.05, 3.63) is 34.4 Å². The molecule has 0 aliphatic carbocycles. The van der Waals surface area contributed by atoms with Gasteiger partial charge in [-0.25, -0.2) is 4.79 Å². The van der Waals surface area contributed by atoms with Crippen LogP contribution in [-0.2, 0) is 4.74 Å². The average molecular weight is 292 g/mol. The molecule has 0 bridgehead atoms. The quantitative estimate of drug-likeness (QED) is 0.610. The van der Waals surface area contributed by atoms with Crippen LogP contribution in [0.2, 0.25) is 0 Å². The molecule has 0 saturated carbocycles. The van der Waals surface area contributed by atoms with Crippen LogP contribution in [0.4, 0.5) is 16.2 Å². The third-order valence-electron chi connectivity index (χ3n) is 2.65. The summed E-state index contributed by atoms with van der Waals surface area (Å²) in [5, 5.41) is 21.9. The molecule has 8 nitrogen and oxygen atoms in total. The van der Waals surface area contributed by atoms with E-state index in [0.717, 1.165) is 0 Å². The lowest BCUT2D eigenvalue weighted by Crippen LogP contribution is -2.38. The lowest BCUT2D eigenvalue weighted by atomic mass is 10.3. The number of nitriles is 1. The van der Waals surface area contributed by atoms with Crippen LogP contribution in [0.25, 0.3) is 0 Å². The molecule has 0 aliphatic heterocycles. The third kappa shape index (κ3) is 5.46. The predicted molar refractivity (Wildman–Crippen MR) is 75.8 cm³/mol. The number of carbonyl (C=O) groups is 1. The number of carbonyl (C=O) groups excluding carboxylic acids is 1. The monoisotopic (exact) mass is 292 g/mol. The molecule has 21 heavy (non-hydrogen) atoms. The lowest BCUT2D eigenvalue weighted by molar-refractivity contribution is -0.384. The smallest absolute Gasteiger partial charge is 0.321 e. The zero-order valence-corrected chi connectivity index (χ0v) is 11.6. The number of nitrogens with one attached hydrogen (secondary N) is 1. The van der Waals surface area contributed by atoms with Crippen molar-refractivity contribution in [3.8, 4) is 6.07 Å². The molecule has 1 aromatic rings.